The Morgan fingerprint density at radius 1 is 1.23 bits per heavy atom. The fourth-order valence-electron chi connectivity index (χ4n) is 3.14. The molecule has 1 aliphatic heterocycles. The van der Waals surface area contributed by atoms with Gasteiger partial charge in [0.2, 0.25) is 0 Å². The normalized spacial score (nSPS) is 19.0. The zero-order valence-corrected chi connectivity index (χ0v) is 15.8. The summed E-state index contributed by atoms with van der Waals surface area (Å²) in [6, 6.07) is 3.53. The monoisotopic (exact) mass is 377 g/mol. The molecular weight excluding hydrogens is 354 g/mol. The summed E-state index contributed by atoms with van der Waals surface area (Å²) >= 11 is 0. The third kappa shape index (κ3) is 3.21. The lowest BCUT2D eigenvalue weighted by atomic mass is 10.0. The molecule has 2 fully saturated rings. The molecule has 0 spiro atoms. The minimum atomic E-state index is -3.57. The van der Waals surface area contributed by atoms with E-state index in [1.165, 1.54) is 8.99 Å². The molecule has 0 N–H and O–H groups in total. The summed E-state index contributed by atoms with van der Waals surface area (Å²) in [6.45, 7) is 5.17. The Hall–Kier alpha value is -2.00. The van der Waals surface area contributed by atoms with Crippen molar-refractivity contribution in [1.82, 2.24) is 23.6 Å². The number of hydrogen-bond acceptors (Lipinski definition) is 5. The van der Waals surface area contributed by atoms with Crippen molar-refractivity contribution in [2.24, 2.45) is 5.92 Å². The van der Waals surface area contributed by atoms with Gasteiger partial charge in [0, 0.05) is 43.2 Å². The fraction of sp³-hybridized carbons (Fsp3) is 0.588. The maximum atomic E-state index is 12.6. The van der Waals surface area contributed by atoms with Gasteiger partial charge in [-0.25, -0.2) is 18.1 Å². The van der Waals surface area contributed by atoms with Gasteiger partial charge in [0.1, 0.15) is 0 Å². The lowest BCUT2D eigenvalue weighted by Gasteiger charge is -2.37. The van der Waals surface area contributed by atoms with E-state index in [0.29, 0.717) is 25.6 Å². The predicted octanol–water partition coefficient (Wildman–Crippen LogP) is 1.22. The molecule has 0 atom stereocenters. The first-order chi connectivity index (χ1) is 12.3. The maximum absolute atomic E-state index is 12.6. The molecule has 0 aromatic carbocycles. The Morgan fingerprint density at radius 3 is 2.58 bits per heavy atom. The molecule has 2 aromatic heterocycles. The highest BCUT2D eigenvalue weighted by Crippen LogP contribution is 2.38. The zero-order chi connectivity index (χ0) is 18.5. The molecule has 3 heterocycles. The van der Waals surface area contributed by atoms with E-state index in [9.17, 15) is 13.2 Å². The average molecular weight is 377 g/mol. The molecule has 26 heavy (non-hydrogen) atoms. The number of sulfonamides is 1. The van der Waals surface area contributed by atoms with Crippen LogP contribution in [-0.4, -0.2) is 45.1 Å². The predicted molar refractivity (Wildman–Crippen MR) is 95.3 cm³/mol. The second-order valence-corrected chi connectivity index (χ2v) is 9.38. The van der Waals surface area contributed by atoms with Gasteiger partial charge in [-0.15, -0.1) is 0 Å². The first-order valence-electron chi connectivity index (χ1n) is 8.96. The first kappa shape index (κ1) is 17.4. The smallest absolute Gasteiger partial charge is 0.266 e. The Labute approximate surface area is 152 Å². The van der Waals surface area contributed by atoms with Crippen LogP contribution < -0.4 is 5.56 Å². The summed E-state index contributed by atoms with van der Waals surface area (Å²) in [5.41, 5.74) is 0.832. The van der Waals surface area contributed by atoms with Crippen molar-refractivity contribution in [2.75, 3.05) is 13.1 Å². The minimum Gasteiger partial charge on any atom is -0.334 e. The van der Waals surface area contributed by atoms with Gasteiger partial charge in [-0.05, 0) is 32.8 Å². The van der Waals surface area contributed by atoms with Crippen molar-refractivity contribution >= 4 is 10.0 Å². The van der Waals surface area contributed by atoms with E-state index >= 15 is 0 Å². The highest BCUT2D eigenvalue weighted by molar-refractivity contribution is 7.89. The number of hydrogen-bond donors (Lipinski definition) is 0. The van der Waals surface area contributed by atoms with Gasteiger partial charge in [-0.3, -0.25) is 4.79 Å². The lowest BCUT2D eigenvalue weighted by Crippen LogP contribution is -2.52. The van der Waals surface area contributed by atoms with Gasteiger partial charge >= 0.3 is 0 Å². The zero-order valence-electron chi connectivity index (χ0n) is 14.9. The fourth-order valence-corrected chi connectivity index (χ4v) is 4.65. The summed E-state index contributed by atoms with van der Waals surface area (Å²) in [5, 5.41) is 4.52. The molecule has 8 nitrogen and oxygen atoms in total. The van der Waals surface area contributed by atoms with Crippen LogP contribution >= 0.6 is 0 Å². The van der Waals surface area contributed by atoms with E-state index in [-0.39, 0.29) is 22.5 Å². The molecule has 1 saturated heterocycles. The van der Waals surface area contributed by atoms with E-state index in [2.05, 4.69) is 10.1 Å². The number of rotatable bonds is 6. The SMILES string of the molecule is CC(C)n1cnc(S(=O)(=O)N2CC(Cn3nc(C4CC4)ccc3=O)C2)c1. The Balaban J connectivity index is 1.42. The van der Waals surface area contributed by atoms with Crippen molar-refractivity contribution < 1.29 is 8.42 Å². The quantitative estimate of drug-likeness (QED) is 0.755. The molecule has 1 aliphatic carbocycles. The summed E-state index contributed by atoms with van der Waals surface area (Å²) in [7, 11) is -3.57. The van der Waals surface area contributed by atoms with Gasteiger partial charge in [-0.2, -0.15) is 9.40 Å². The Kier molecular flexibility index (Phi) is 4.23. The van der Waals surface area contributed by atoms with Gasteiger partial charge in [-0.1, -0.05) is 0 Å². The van der Waals surface area contributed by atoms with Gasteiger partial charge < -0.3 is 4.57 Å². The molecule has 2 aliphatic rings. The highest BCUT2D eigenvalue weighted by Gasteiger charge is 2.38. The van der Waals surface area contributed by atoms with Crippen LogP contribution in [0.2, 0.25) is 0 Å². The van der Waals surface area contributed by atoms with Gasteiger partial charge in [0.25, 0.3) is 15.6 Å². The highest BCUT2D eigenvalue weighted by atomic mass is 32.2. The van der Waals surface area contributed by atoms with Crippen LogP contribution in [0.3, 0.4) is 0 Å². The van der Waals surface area contributed by atoms with Crippen LogP contribution in [0.15, 0.2) is 34.5 Å². The molecule has 1 saturated carbocycles. The van der Waals surface area contributed by atoms with Crippen molar-refractivity contribution in [3.05, 3.63) is 40.7 Å². The topological polar surface area (TPSA) is 90.1 Å². The molecule has 140 valence electrons. The van der Waals surface area contributed by atoms with Crippen LogP contribution in [0.5, 0.6) is 0 Å². The van der Waals surface area contributed by atoms with Crippen LogP contribution in [0, 0.1) is 5.92 Å². The van der Waals surface area contributed by atoms with Gasteiger partial charge in [0.15, 0.2) is 5.03 Å². The van der Waals surface area contributed by atoms with Crippen LogP contribution in [-0.2, 0) is 16.6 Å². The molecule has 2 aromatic rings. The van der Waals surface area contributed by atoms with Crippen molar-refractivity contribution in [1.29, 1.82) is 0 Å². The first-order valence-corrected chi connectivity index (χ1v) is 10.4. The van der Waals surface area contributed by atoms with Crippen molar-refractivity contribution in [2.45, 2.75) is 50.2 Å². The van der Waals surface area contributed by atoms with Gasteiger partial charge in [0.05, 0.1) is 18.6 Å². The standard InChI is InChI=1S/C17H23N5O3S/c1-12(2)20-10-16(18-11-20)26(24,25)21-7-13(8-21)9-22-17(23)6-5-15(19-22)14-3-4-14/h5-6,10-14H,3-4,7-9H2,1-2H3. The third-order valence-corrected chi connectivity index (χ3v) is 6.73. The second kappa shape index (κ2) is 6.31. The number of nitrogens with zero attached hydrogens (tertiary/aromatic N) is 5. The molecular formula is C17H23N5O3S. The molecule has 0 unspecified atom stereocenters. The second-order valence-electron chi connectivity index (χ2n) is 7.49. The maximum Gasteiger partial charge on any atom is 0.266 e. The number of imidazole rings is 1. The molecule has 0 radical (unpaired) electrons. The van der Waals surface area contributed by atoms with E-state index in [1.807, 2.05) is 13.8 Å². The molecule has 4 rings (SSSR count). The van der Waals surface area contributed by atoms with Crippen molar-refractivity contribution in [3.63, 3.8) is 0 Å². The molecule has 9 heteroatoms. The summed E-state index contributed by atoms with van der Waals surface area (Å²) < 4.78 is 29.9. The van der Waals surface area contributed by atoms with Crippen LogP contribution in [0.1, 0.15) is 44.3 Å². The lowest BCUT2D eigenvalue weighted by molar-refractivity contribution is 0.172. The molecule has 0 bridgehead atoms. The Bertz CT molecular complexity index is 968. The summed E-state index contributed by atoms with van der Waals surface area (Å²) in [6.07, 6.45) is 5.37. The van der Waals surface area contributed by atoms with E-state index in [0.717, 1.165) is 18.5 Å². The van der Waals surface area contributed by atoms with E-state index < -0.39 is 10.0 Å². The summed E-state index contributed by atoms with van der Waals surface area (Å²) in [5.74, 6) is 0.577. The molecule has 0 amide bonds. The van der Waals surface area contributed by atoms with E-state index in [1.54, 1.807) is 29.2 Å². The largest absolute Gasteiger partial charge is 0.334 e. The third-order valence-electron chi connectivity index (χ3n) is 5.02. The van der Waals surface area contributed by atoms with Crippen LogP contribution in [0.4, 0.5) is 0 Å². The van der Waals surface area contributed by atoms with Crippen LogP contribution in [0.25, 0.3) is 0 Å². The minimum absolute atomic E-state index is 0.0793. The summed E-state index contributed by atoms with van der Waals surface area (Å²) in [4.78, 5) is 16.1. The van der Waals surface area contributed by atoms with E-state index in [4.69, 9.17) is 0 Å². The average Bonchev–Trinajstić information content (AvgIpc) is 3.26. The Morgan fingerprint density at radius 2 is 1.96 bits per heavy atom. The number of aromatic nitrogens is 4. The van der Waals surface area contributed by atoms with Crippen molar-refractivity contribution in [3.8, 4) is 0 Å².